The highest BCUT2D eigenvalue weighted by atomic mass is 14.9. The summed E-state index contributed by atoms with van der Waals surface area (Å²) < 4.78 is 0. The molecule has 19 heavy (non-hydrogen) atoms. The minimum absolute atomic E-state index is 0.577. The molecule has 1 aliphatic carbocycles. The molecule has 1 N–H and O–H groups in total. The van der Waals surface area contributed by atoms with E-state index in [1.807, 2.05) is 19.1 Å². The molecular weight excluding hydrogens is 232 g/mol. The van der Waals surface area contributed by atoms with Crippen LogP contribution < -0.4 is 5.32 Å². The zero-order chi connectivity index (χ0) is 13.7. The summed E-state index contributed by atoms with van der Waals surface area (Å²) in [5.41, 5.74) is 3.00. The van der Waals surface area contributed by atoms with Crippen molar-refractivity contribution in [1.29, 1.82) is 5.26 Å². The van der Waals surface area contributed by atoms with Gasteiger partial charge in [0.15, 0.2) is 0 Å². The predicted octanol–water partition coefficient (Wildman–Crippen LogP) is 4.64. The molecule has 2 nitrogen and oxygen atoms in total. The van der Waals surface area contributed by atoms with Crippen LogP contribution in [0.5, 0.6) is 0 Å². The average Bonchev–Trinajstić information content (AvgIpc) is 2.46. The van der Waals surface area contributed by atoms with E-state index < -0.39 is 0 Å². The first-order valence-corrected chi connectivity index (χ1v) is 7.52. The van der Waals surface area contributed by atoms with Crippen molar-refractivity contribution in [1.82, 2.24) is 0 Å². The maximum absolute atomic E-state index is 8.97. The molecule has 0 amide bonds. The van der Waals surface area contributed by atoms with Gasteiger partial charge in [-0.25, -0.2) is 0 Å². The summed E-state index contributed by atoms with van der Waals surface area (Å²) in [4.78, 5) is 0. The second kappa shape index (κ2) is 6.61. The topological polar surface area (TPSA) is 35.8 Å². The third-order valence-electron chi connectivity index (χ3n) is 4.36. The molecule has 1 aliphatic rings. The van der Waals surface area contributed by atoms with Crippen molar-refractivity contribution in [2.75, 3.05) is 5.32 Å². The Kier molecular flexibility index (Phi) is 4.85. The van der Waals surface area contributed by atoms with E-state index in [4.69, 9.17) is 5.26 Å². The summed E-state index contributed by atoms with van der Waals surface area (Å²) in [5, 5.41) is 12.7. The number of nitrogens with zero attached hydrogens (tertiary/aromatic N) is 1. The van der Waals surface area contributed by atoms with Gasteiger partial charge in [-0.3, -0.25) is 0 Å². The second-order valence-electron chi connectivity index (χ2n) is 5.70. The van der Waals surface area contributed by atoms with Crippen LogP contribution in [0.15, 0.2) is 18.2 Å². The maximum Gasteiger partial charge on any atom is 0.0994 e. The van der Waals surface area contributed by atoms with Crippen molar-refractivity contribution in [3.05, 3.63) is 29.3 Å². The zero-order valence-corrected chi connectivity index (χ0v) is 12.1. The van der Waals surface area contributed by atoms with Crippen LogP contribution >= 0.6 is 0 Å². The lowest BCUT2D eigenvalue weighted by molar-refractivity contribution is 0.313. The Hall–Kier alpha value is -1.49. The van der Waals surface area contributed by atoms with Gasteiger partial charge in [0.25, 0.3) is 0 Å². The number of hydrogen-bond acceptors (Lipinski definition) is 2. The van der Waals surface area contributed by atoms with E-state index in [2.05, 4.69) is 24.4 Å². The molecule has 0 heterocycles. The fourth-order valence-electron chi connectivity index (χ4n) is 3.18. The molecule has 102 valence electrons. The molecule has 2 rings (SSSR count). The Balaban J connectivity index is 2.05. The number of nitriles is 1. The fourth-order valence-corrected chi connectivity index (χ4v) is 3.18. The van der Waals surface area contributed by atoms with Gasteiger partial charge in [-0.2, -0.15) is 5.26 Å². The lowest BCUT2D eigenvalue weighted by Crippen LogP contribution is -2.30. The number of benzene rings is 1. The maximum atomic E-state index is 8.97. The van der Waals surface area contributed by atoms with Crippen LogP contribution in [0.1, 0.15) is 56.6 Å². The molecule has 1 saturated carbocycles. The molecule has 1 aromatic rings. The minimum atomic E-state index is 0.577. The van der Waals surface area contributed by atoms with Gasteiger partial charge in [-0.15, -0.1) is 0 Å². The highest BCUT2D eigenvalue weighted by Gasteiger charge is 2.22. The first kappa shape index (κ1) is 13.9. The van der Waals surface area contributed by atoms with Crippen LogP contribution in [-0.4, -0.2) is 6.04 Å². The fraction of sp³-hybridized carbons (Fsp3) is 0.588. The second-order valence-corrected chi connectivity index (χ2v) is 5.70. The number of anilines is 1. The Morgan fingerprint density at radius 3 is 2.63 bits per heavy atom. The smallest absolute Gasteiger partial charge is 0.0994 e. The quantitative estimate of drug-likeness (QED) is 0.852. The van der Waals surface area contributed by atoms with Gasteiger partial charge in [0.1, 0.15) is 0 Å². The summed E-state index contributed by atoms with van der Waals surface area (Å²) >= 11 is 0. The van der Waals surface area contributed by atoms with Gasteiger partial charge in [-0.1, -0.05) is 26.2 Å². The zero-order valence-electron chi connectivity index (χ0n) is 12.1. The van der Waals surface area contributed by atoms with Crippen LogP contribution in [0.25, 0.3) is 0 Å². The van der Waals surface area contributed by atoms with Crippen molar-refractivity contribution in [3.8, 4) is 6.07 Å². The van der Waals surface area contributed by atoms with Gasteiger partial charge in [0.05, 0.1) is 11.6 Å². The van der Waals surface area contributed by atoms with E-state index in [-0.39, 0.29) is 0 Å². The molecule has 1 aromatic carbocycles. The summed E-state index contributed by atoms with van der Waals surface area (Å²) in [6, 6.07) is 8.86. The molecule has 0 radical (unpaired) electrons. The molecule has 0 spiro atoms. The summed E-state index contributed by atoms with van der Waals surface area (Å²) in [6.07, 6.45) is 8.07. The summed E-state index contributed by atoms with van der Waals surface area (Å²) in [5.74, 6) is 0.815. The third kappa shape index (κ3) is 3.50. The van der Waals surface area contributed by atoms with Gasteiger partial charge >= 0.3 is 0 Å². The molecule has 1 unspecified atom stereocenters. The lowest BCUT2D eigenvalue weighted by atomic mass is 9.83. The van der Waals surface area contributed by atoms with E-state index in [9.17, 15) is 0 Å². The predicted molar refractivity (Wildman–Crippen MR) is 80.2 cm³/mol. The first-order valence-electron chi connectivity index (χ1n) is 7.52. The number of nitrogens with one attached hydrogen (secondary N) is 1. The van der Waals surface area contributed by atoms with Crippen molar-refractivity contribution in [2.45, 2.75) is 58.4 Å². The van der Waals surface area contributed by atoms with Crippen LogP contribution in [0.2, 0.25) is 0 Å². The van der Waals surface area contributed by atoms with E-state index in [0.29, 0.717) is 6.04 Å². The number of rotatable bonds is 4. The van der Waals surface area contributed by atoms with Gasteiger partial charge < -0.3 is 5.32 Å². The highest BCUT2D eigenvalue weighted by molar-refractivity contribution is 5.52. The highest BCUT2D eigenvalue weighted by Crippen LogP contribution is 2.29. The number of aryl methyl sites for hydroxylation is 1. The molecule has 0 aromatic heterocycles. The Morgan fingerprint density at radius 2 is 2.05 bits per heavy atom. The third-order valence-corrected chi connectivity index (χ3v) is 4.36. The Labute approximate surface area is 116 Å². The SMILES string of the molecule is CCC(Nc1ccc(C#N)c(C)c1)C1CCCCC1. The first-order chi connectivity index (χ1) is 9.24. The van der Waals surface area contributed by atoms with Crippen LogP contribution in [0.4, 0.5) is 5.69 Å². The molecular formula is C17H24N2. The summed E-state index contributed by atoms with van der Waals surface area (Å²) in [6.45, 7) is 4.27. The van der Waals surface area contributed by atoms with Crippen LogP contribution in [0.3, 0.4) is 0 Å². The van der Waals surface area contributed by atoms with Gasteiger partial charge in [0, 0.05) is 11.7 Å². The van der Waals surface area contributed by atoms with E-state index >= 15 is 0 Å². The average molecular weight is 256 g/mol. The van der Waals surface area contributed by atoms with Crippen molar-refractivity contribution >= 4 is 5.69 Å². The van der Waals surface area contributed by atoms with E-state index in [1.54, 1.807) is 0 Å². The largest absolute Gasteiger partial charge is 0.382 e. The number of hydrogen-bond donors (Lipinski definition) is 1. The molecule has 1 fully saturated rings. The summed E-state index contributed by atoms with van der Waals surface area (Å²) in [7, 11) is 0. The molecule has 0 bridgehead atoms. The Morgan fingerprint density at radius 1 is 1.32 bits per heavy atom. The molecule has 0 aliphatic heterocycles. The van der Waals surface area contributed by atoms with Crippen molar-refractivity contribution < 1.29 is 0 Å². The lowest BCUT2D eigenvalue weighted by Gasteiger charge is -2.31. The Bertz CT molecular complexity index is 453. The normalized spacial score (nSPS) is 17.7. The molecule has 1 atom stereocenters. The molecule has 0 saturated heterocycles. The standard InChI is InChI=1S/C17H24N2/c1-3-17(14-7-5-4-6-8-14)19-16-10-9-15(12-18)13(2)11-16/h9-11,14,17,19H,3-8H2,1-2H3. The van der Waals surface area contributed by atoms with Crippen molar-refractivity contribution in [3.63, 3.8) is 0 Å². The van der Waals surface area contributed by atoms with Gasteiger partial charge in [-0.05, 0) is 55.9 Å². The van der Waals surface area contributed by atoms with Crippen LogP contribution in [0, 0.1) is 24.2 Å². The van der Waals surface area contributed by atoms with Crippen LogP contribution in [-0.2, 0) is 0 Å². The van der Waals surface area contributed by atoms with Crippen molar-refractivity contribution in [2.24, 2.45) is 5.92 Å². The monoisotopic (exact) mass is 256 g/mol. The van der Waals surface area contributed by atoms with E-state index in [1.165, 1.54) is 38.5 Å². The molecule has 2 heteroatoms. The van der Waals surface area contributed by atoms with E-state index in [0.717, 1.165) is 22.7 Å². The van der Waals surface area contributed by atoms with Gasteiger partial charge in [0.2, 0.25) is 0 Å². The minimum Gasteiger partial charge on any atom is -0.382 e.